The molecule has 0 aromatic heterocycles. The molecule has 8 heteroatoms. The number of para-hydroxylation sites is 1. The summed E-state index contributed by atoms with van der Waals surface area (Å²) < 4.78 is 5.62. The number of halogens is 1. The number of methoxy groups -OCH3 is 1. The highest BCUT2D eigenvalue weighted by Gasteiger charge is 2.13. The molecule has 2 aromatic carbocycles. The minimum atomic E-state index is -0.909. The normalized spacial score (nSPS) is 10.4. The van der Waals surface area contributed by atoms with Crippen LogP contribution in [0.3, 0.4) is 0 Å². The van der Waals surface area contributed by atoms with E-state index in [9.17, 15) is 14.7 Å². The molecule has 2 rings (SSSR count). The number of aromatic hydroxyl groups is 1. The molecule has 0 aliphatic carbocycles. The van der Waals surface area contributed by atoms with Gasteiger partial charge < -0.3 is 15.2 Å². The van der Waals surface area contributed by atoms with Crippen LogP contribution in [0.1, 0.15) is 5.56 Å². The van der Waals surface area contributed by atoms with Crippen LogP contribution in [0, 0.1) is 0 Å². The summed E-state index contributed by atoms with van der Waals surface area (Å²) in [5.74, 6) is -1.49. The van der Waals surface area contributed by atoms with Crippen molar-refractivity contribution in [2.24, 2.45) is 5.10 Å². The first-order chi connectivity index (χ1) is 11.5. The van der Waals surface area contributed by atoms with Crippen molar-refractivity contribution in [3.63, 3.8) is 0 Å². The SMILES string of the molecule is COc1cc(/C=N\NC(=O)C(=O)Nc2ccccc2Br)ccc1O. The van der Waals surface area contributed by atoms with Crippen LogP contribution >= 0.6 is 15.9 Å². The molecule has 24 heavy (non-hydrogen) atoms. The predicted molar refractivity (Wildman–Crippen MR) is 93.2 cm³/mol. The summed E-state index contributed by atoms with van der Waals surface area (Å²) in [7, 11) is 1.42. The molecule has 0 saturated carbocycles. The van der Waals surface area contributed by atoms with Crippen molar-refractivity contribution < 1.29 is 19.4 Å². The van der Waals surface area contributed by atoms with Gasteiger partial charge >= 0.3 is 11.8 Å². The van der Waals surface area contributed by atoms with E-state index in [1.807, 2.05) is 0 Å². The number of carbonyl (C=O) groups excluding carboxylic acids is 2. The maximum absolute atomic E-state index is 11.8. The first-order valence-corrected chi connectivity index (χ1v) is 7.56. The van der Waals surface area contributed by atoms with E-state index in [-0.39, 0.29) is 11.5 Å². The van der Waals surface area contributed by atoms with Crippen LogP contribution in [0.25, 0.3) is 0 Å². The zero-order valence-electron chi connectivity index (χ0n) is 12.6. The second-order valence-corrected chi connectivity index (χ2v) is 5.42. The molecule has 0 heterocycles. The van der Waals surface area contributed by atoms with Crippen molar-refractivity contribution in [2.75, 3.05) is 12.4 Å². The van der Waals surface area contributed by atoms with E-state index in [0.29, 0.717) is 15.7 Å². The van der Waals surface area contributed by atoms with E-state index in [1.165, 1.54) is 25.5 Å². The van der Waals surface area contributed by atoms with Gasteiger partial charge in [-0.1, -0.05) is 12.1 Å². The Bertz CT molecular complexity index is 793. The summed E-state index contributed by atoms with van der Waals surface area (Å²) in [6.07, 6.45) is 1.32. The van der Waals surface area contributed by atoms with Crippen LogP contribution in [0.2, 0.25) is 0 Å². The Morgan fingerprint density at radius 2 is 1.96 bits per heavy atom. The lowest BCUT2D eigenvalue weighted by molar-refractivity contribution is -0.136. The number of phenols is 1. The van der Waals surface area contributed by atoms with Gasteiger partial charge in [0.1, 0.15) is 0 Å². The molecule has 124 valence electrons. The fourth-order valence-electron chi connectivity index (χ4n) is 1.73. The van der Waals surface area contributed by atoms with Gasteiger partial charge in [-0.3, -0.25) is 9.59 Å². The number of nitrogens with zero attached hydrogens (tertiary/aromatic N) is 1. The molecular formula is C16H14BrN3O4. The Kier molecular flexibility index (Phi) is 5.91. The van der Waals surface area contributed by atoms with E-state index in [2.05, 4.69) is 31.8 Å². The van der Waals surface area contributed by atoms with Gasteiger partial charge in [0, 0.05) is 4.47 Å². The number of hydrogen-bond donors (Lipinski definition) is 3. The van der Waals surface area contributed by atoms with E-state index in [4.69, 9.17) is 4.74 Å². The van der Waals surface area contributed by atoms with Crippen molar-refractivity contribution in [3.05, 3.63) is 52.5 Å². The van der Waals surface area contributed by atoms with Gasteiger partial charge in [0.2, 0.25) is 0 Å². The Morgan fingerprint density at radius 3 is 2.67 bits per heavy atom. The van der Waals surface area contributed by atoms with Crippen molar-refractivity contribution in [2.45, 2.75) is 0 Å². The van der Waals surface area contributed by atoms with Crippen LogP contribution in [-0.2, 0) is 9.59 Å². The largest absolute Gasteiger partial charge is 0.504 e. The lowest BCUT2D eigenvalue weighted by atomic mass is 10.2. The summed E-state index contributed by atoms with van der Waals surface area (Å²) in [6, 6.07) is 11.5. The van der Waals surface area contributed by atoms with Gasteiger partial charge in [0.15, 0.2) is 11.5 Å². The summed E-state index contributed by atoms with van der Waals surface area (Å²) in [5.41, 5.74) is 3.18. The Labute approximate surface area is 146 Å². The van der Waals surface area contributed by atoms with E-state index in [0.717, 1.165) is 0 Å². The Balaban J connectivity index is 1.95. The summed E-state index contributed by atoms with van der Waals surface area (Å²) in [4.78, 5) is 23.5. The average molecular weight is 392 g/mol. The molecule has 2 aromatic rings. The number of benzene rings is 2. The predicted octanol–water partition coefficient (Wildman–Crippen LogP) is 2.25. The Morgan fingerprint density at radius 1 is 1.21 bits per heavy atom. The lowest BCUT2D eigenvalue weighted by Gasteiger charge is -2.06. The van der Waals surface area contributed by atoms with Crippen LogP contribution in [-0.4, -0.2) is 30.2 Å². The number of carbonyl (C=O) groups is 2. The van der Waals surface area contributed by atoms with Crippen molar-refractivity contribution in [3.8, 4) is 11.5 Å². The highest BCUT2D eigenvalue weighted by Crippen LogP contribution is 2.25. The summed E-state index contributed by atoms with van der Waals surface area (Å²) in [6.45, 7) is 0. The van der Waals surface area contributed by atoms with Crippen molar-refractivity contribution >= 4 is 39.6 Å². The van der Waals surface area contributed by atoms with Gasteiger partial charge in [-0.05, 0) is 51.8 Å². The molecule has 0 aliphatic heterocycles. The molecule has 0 radical (unpaired) electrons. The number of nitrogens with one attached hydrogen (secondary N) is 2. The molecule has 3 N–H and O–H groups in total. The smallest absolute Gasteiger partial charge is 0.329 e. The van der Waals surface area contributed by atoms with Crippen LogP contribution < -0.4 is 15.5 Å². The monoisotopic (exact) mass is 391 g/mol. The number of anilines is 1. The highest BCUT2D eigenvalue weighted by molar-refractivity contribution is 9.10. The van der Waals surface area contributed by atoms with Gasteiger partial charge in [-0.2, -0.15) is 5.10 Å². The van der Waals surface area contributed by atoms with Crippen molar-refractivity contribution in [1.29, 1.82) is 0 Å². The molecule has 7 nitrogen and oxygen atoms in total. The number of ether oxygens (including phenoxy) is 1. The van der Waals surface area contributed by atoms with Gasteiger partial charge in [0.05, 0.1) is 19.0 Å². The molecule has 0 aliphatic rings. The fourth-order valence-corrected chi connectivity index (χ4v) is 2.12. The third kappa shape index (κ3) is 4.56. The number of rotatable bonds is 4. The standard InChI is InChI=1S/C16H14BrN3O4/c1-24-14-8-10(6-7-13(14)21)9-18-20-16(23)15(22)19-12-5-3-2-4-11(12)17/h2-9,21H,1H3,(H,19,22)(H,20,23)/b18-9-. The molecule has 0 spiro atoms. The second kappa shape index (κ2) is 8.11. The average Bonchev–Trinajstić information content (AvgIpc) is 2.58. The molecular weight excluding hydrogens is 378 g/mol. The molecule has 0 fully saturated rings. The van der Waals surface area contributed by atoms with Crippen LogP contribution in [0.4, 0.5) is 5.69 Å². The fraction of sp³-hybridized carbons (Fsp3) is 0.0625. The maximum atomic E-state index is 11.8. The summed E-state index contributed by atoms with van der Waals surface area (Å²) >= 11 is 3.27. The van der Waals surface area contributed by atoms with Crippen molar-refractivity contribution in [1.82, 2.24) is 5.43 Å². The Hall–Kier alpha value is -2.87. The van der Waals surface area contributed by atoms with E-state index in [1.54, 1.807) is 30.3 Å². The van der Waals surface area contributed by atoms with Gasteiger partial charge in [0.25, 0.3) is 0 Å². The first kappa shape index (κ1) is 17.5. The second-order valence-electron chi connectivity index (χ2n) is 4.56. The van der Waals surface area contributed by atoms with E-state index < -0.39 is 11.8 Å². The number of phenolic OH excluding ortho intramolecular Hbond substituents is 1. The molecule has 2 amide bonds. The summed E-state index contributed by atoms with van der Waals surface area (Å²) in [5, 5.41) is 15.6. The molecule has 0 unspecified atom stereocenters. The minimum Gasteiger partial charge on any atom is -0.504 e. The molecule has 0 atom stereocenters. The van der Waals surface area contributed by atoms with E-state index >= 15 is 0 Å². The quantitative estimate of drug-likeness (QED) is 0.422. The van der Waals surface area contributed by atoms with Crippen LogP contribution in [0.5, 0.6) is 11.5 Å². The maximum Gasteiger partial charge on any atom is 0.329 e. The minimum absolute atomic E-state index is 0.00787. The topological polar surface area (TPSA) is 100 Å². The third-order valence-corrected chi connectivity index (χ3v) is 3.60. The van der Waals surface area contributed by atoms with Crippen LogP contribution in [0.15, 0.2) is 52.0 Å². The zero-order chi connectivity index (χ0) is 17.5. The first-order valence-electron chi connectivity index (χ1n) is 6.77. The highest BCUT2D eigenvalue weighted by atomic mass is 79.9. The molecule has 0 bridgehead atoms. The lowest BCUT2D eigenvalue weighted by Crippen LogP contribution is -2.32. The number of amides is 2. The third-order valence-electron chi connectivity index (χ3n) is 2.91. The molecule has 0 saturated heterocycles. The number of hydrazone groups is 1. The van der Waals surface area contributed by atoms with Gasteiger partial charge in [-0.15, -0.1) is 0 Å². The number of hydrogen-bond acceptors (Lipinski definition) is 5. The zero-order valence-corrected chi connectivity index (χ0v) is 14.2. The van der Waals surface area contributed by atoms with Gasteiger partial charge in [-0.25, -0.2) is 5.43 Å².